The summed E-state index contributed by atoms with van der Waals surface area (Å²) in [6.07, 6.45) is -4.01. The molecule has 0 bridgehead atoms. The maximum absolute atomic E-state index is 12.5. The molecule has 132 valence electrons. The molecule has 1 fully saturated rings. The van der Waals surface area contributed by atoms with E-state index in [9.17, 15) is 18.0 Å². The number of likely N-dealkylation sites (tertiary alicyclic amines) is 1. The highest BCUT2D eigenvalue weighted by atomic mass is 19.4. The smallest absolute Gasteiger partial charge is 0.417 e. The number of pyridine rings is 1. The number of ether oxygens (including phenoxy) is 2. The van der Waals surface area contributed by atoms with Gasteiger partial charge in [-0.05, 0) is 18.2 Å². The number of nitrogens with zero attached hydrogens (tertiary/aromatic N) is 2. The van der Waals surface area contributed by atoms with Gasteiger partial charge in [0.1, 0.15) is 11.9 Å². The molecule has 0 radical (unpaired) electrons. The van der Waals surface area contributed by atoms with Crippen LogP contribution >= 0.6 is 0 Å². The van der Waals surface area contributed by atoms with Crippen molar-refractivity contribution in [3.63, 3.8) is 0 Å². The largest absolute Gasteiger partial charge is 0.496 e. The first-order chi connectivity index (χ1) is 11.9. The summed E-state index contributed by atoms with van der Waals surface area (Å²) >= 11 is 0. The van der Waals surface area contributed by atoms with Crippen LogP contribution < -0.4 is 9.47 Å². The molecule has 1 aliphatic heterocycles. The average Bonchev–Trinajstić information content (AvgIpc) is 2.56. The van der Waals surface area contributed by atoms with Crippen LogP contribution in [-0.2, 0) is 6.18 Å². The van der Waals surface area contributed by atoms with Gasteiger partial charge in [0.25, 0.3) is 5.91 Å². The molecule has 0 aliphatic carbocycles. The average molecular weight is 352 g/mol. The molecule has 25 heavy (non-hydrogen) atoms. The Balaban J connectivity index is 1.57. The molecule has 2 heterocycles. The van der Waals surface area contributed by atoms with Crippen molar-refractivity contribution in [2.24, 2.45) is 0 Å². The number of hydrogen-bond donors (Lipinski definition) is 0. The van der Waals surface area contributed by atoms with Gasteiger partial charge in [0.05, 0.1) is 31.3 Å². The van der Waals surface area contributed by atoms with E-state index in [0.29, 0.717) is 24.4 Å². The van der Waals surface area contributed by atoms with E-state index in [-0.39, 0.29) is 17.9 Å². The standard InChI is InChI=1S/C17H15F3N2O3/c1-24-14-5-3-2-4-13(14)16(23)22-9-12(10-22)25-15-7-6-11(8-21-15)17(18,19)20/h2-8,12H,9-10H2,1H3. The van der Waals surface area contributed by atoms with Crippen LogP contribution in [0.3, 0.4) is 0 Å². The number of aromatic nitrogens is 1. The summed E-state index contributed by atoms with van der Waals surface area (Å²) < 4.78 is 48.1. The predicted octanol–water partition coefficient (Wildman–Crippen LogP) is 3.01. The van der Waals surface area contributed by atoms with Crippen molar-refractivity contribution in [2.75, 3.05) is 20.2 Å². The highest BCUT2D eigenvalue weighted by molar-refractivity contribution is 5.97. The third kappa shape index (κ3) is 3.67. The van der Waals surface area contributed by atoms with Crippen molar-refractivity contribution in [1.29, 1.82) is 0 Å². The molecule has 1 aromatic heterocycles. The van der Waals surface area contributed by atoms with Gasteiger partial charge in [0.15, 0.2) is 0 Å². The third-order valence-electron chi connectivity index (χ3n) is 3.82. The molecule has 1 amide bonds. The van der Waals surface area contributed by atoms with E-state index in [1.807, 2.05) is 0 Å². The summed E-state index contributed by atoms with van der Waals surface area (Å²) in [7, 11) is 1.49. The topological polar surface area (TPSA) is 51.7 Å². The molecule has 1 saturated heterocycles. The minimum atomic E-state index is -4.43. The Labute approximate surface area is 142 Å². The number of hydrogen-bond acceptors (Lipinski definition) is 4. The molecule has 2 aromatic rings. The minimum Gasteiger partial charge on any atom is -0.496 e. The first-order valence-corrected chi connectivity index (χ1v) is 7.50. The fourth-order valence-corrected chi connectivity index (χ4v) is 2.46. The first kappa shape index (κ1) is 17.1. The monoisotopic (exact) mass is 352 g/mol. The lowest BCUT2D eigenvalue weighted by Gasteiger charge is -2.38. The zero-order valence-electron chi connectivity index (χ0n) is 13.3. The molecule has 0 saturated carbocycles. The SMILES string of the molecule is COc1ccccc1C(=O)N1CC(Oc2ccc(C(F)(F)F)cn2)C1. The maximum atomic E-state index is 12.5. The molecule has 1 aliphatic rings. The fraction of sp³-hybridized carbons (Fsp3) is 0.294. The van der Waals surface area contributed by atoms with Gasteiger partial charge in [-0.3, -0.25) is 4.79 Å². The number of halogens is 3. The van der Waals surface area contributed by atoms with E-state index in [2.05, 4.69) is 4.98 Å². The Kier molecular flexibility index (Phi) is 4.52. The van der Waals surface area contributed by atoms with Gasteiger partial charge in [0.2, 0.25) is 5.88 Å². The molecular formula is C17H15F3N2O3. The van der Waals surface area contributed by atoms with Crippen LogP contribution in [0.2, 0.25) is 0 Å². The Hall–Kier alpha value is -2.77. The Morgan fingerprint density at radius 1 is 1.20 bits per heavy atom. The summed E-state index contributed by atoms with van der Waals surface area (Å²) in [4.78, 5) is 17.6. The van der Waals surface area contributed by atoms with Crippen molar-refractivity contribution in [1.82, 2.24) is 9.88 Å². The quantitative estimate of drug-likeness (QED) is 0.849. The van der Waals surface area contributed by atoms with E-state index in [4.69, 9.17) is 9.47 Å². The zero-order valence-corrected chi connectivity index (χ0v) is 13.3. The second-order valence-corrected chi connectivity index (χ2v) is 5.53. The molecule has 8 heteroatoms. The number of alkyl halides is 3. The summed E-state index contributed by atoms with van der Waals surface area (Å²) in [6, 6.07) is 8.98. The summed E-state index contributed by atoms with van der Waals surface area (Å²) in [6.45, 7) is 0.666. The highest BCUT2D eigenvalue weighted by Crippen LogP contribution is 2.30. The number of benzene rings is 1. The van der Waals surface area contributed by atoms with Crippen LogP contribution in [0.25, 0.3) is 0 Å². The lowest BCUT2D eigenvalue weighted by Crippen LogP contribution is -2.56. The van der Waals surface area contributed by atoms with Gasteiger partial charge >= 0.3 is 6.18 Å². The normalized spacial score (nSPS) is 14.8. The second kappa shape index (κ2) is 6.62. The number of para-hydroxylation sites is 1. The van der Waals surface area contributed by atoms with Crippen molar-refractivity contribution in [3.8, 4) is 11.6 Å². The maximum Gasteiger partial charge on any atom is 0.417 e. The van der Waals surface area contributed by atoms with Crippen molar-refractivity contribution >= 4 is 5.91 Å². The van der Waals surface area contributed by atoms with E-state index in [1.54, 1.807) is 29.2 Å². The summed E-state index contributed by atoms with van der Waals surface area (Å²) in [5.41, 5.74) is -0.377. The van der Waals surface area contributed by atoms with Crippen molar-refractivity contribution in [2.45, 2.75) is 12.3 Å². The zero-order chi connectivity index (χ0) is 18.0. The van der Waals surface area contributed by atoms with Crippen LogP contribution in [0.15, 0.2) is 42.6 Å². The van der Waals surface area contributed by atoms with Crippen LogP contribution in [0.4, 0.5) is 13.2 Å². The van der Waals surface area contributed by atoms with Crippen LogP contribution in [0.1, 0.15) is 15.9 Å². The molecule has 0 atom stereocenters. The van der Waals surface area contributed by atoms with Crippen LogP contribution in [0, 0.1) is 0 Å². The molecule has 1 aromatic carbocycles. The van der Waals surface area contributed by atoms with Crippen LogP contribution in [0.5, 0.6) is 11.6 Å². The van der Waals surface area contributed by atoms with Gasteiger partial charge in [-0.2, -0.15) is 13.2 Å². The fourth-order valence-electron chi connectivity index (χ4n) is 2.46. The van der Waals surface area contributed by atoms with E-state index in [0.717, 1.165) is 12.3 Å². The second-order valence-electron chi connectivity index (χ2n) is 5.53. The molecule has 3 rings (SSSR count). The van der Waals surface area contributed by atoms with Crippen LogP contribution in [-0.4, -0.2) is 42.1 Å². The van der Waals surface area contributed by atoms with Gasteiger partial charge in [-0.25, -0.2) is 4.98 Å². The van der Waals surface area contributed by atoms with Gasteiger partial charge in [-0.15, -0.1) is 0 Å². The molecular weight excluding hydrogens is 337 g/mol. The lowest BCUT2D eigenvalue weighted by molar-refractivity contribution is -0.137. The molecule has 0 unspecified atom stereocenters. The molecule has 0 spiro atoms. The predicted molar refractivity (Wildman–Crippen MR) is 82.6 cm³/mol. The number of methoxy groups -OCH3 is 1. The van der Waals surface area contributed by atoms with E-state index < -0.39 is 11.7 Å². The summed E-state index contributed by atoms with van der Waals surface area (Å²) in [5.74, 6) is 0.404. The molecule has 0 N–H and O–H groups in total. The Morgan fingerprint density at radius 2 is 1.92 bits per heavy atom. The van der Waals surface area contributed by atoms with Gasteiger partial charge < -0.3 is 14.4 Å². The lowest BCUT2D eigenvalue weighted by atomic mass is 10.1. The van der Waals surface area contributed by atoms with E-state index >= 15 is 0 Å². The number of rotatable bonds is 4. The van der Waals surface area contributed by atoms with Gasteiger partial charge in [-0.1, -0.05) is 12.1 Å². The number of carbonyl (C=O) groups is 1. The number of carbonyl (C=O) groups excluding carboxylic acids is 1. The van der Waals surface area contributed by atoms with Crippen molar-refractivity contribution < 1.29 is 27.4 Å². The highest BCUT2D eigenvalue weighted by Gasteiger charge is 2.35. The molecule has 5 nitrogen and oxygen atoms in total. The Morgan fingerprint density at radius 3 is 2.52 bits per heavy atom. The summed E-state index contributed by atoms with van der Waals surface area (Å²) in [5, 5.41) is 0. The third-order valence-corrected chi connectivity index (χ3v) is 3.82. The van der Waals surface area contributed by atoms with Crippen molar-refractivity contribution in [3.05, 3.63) is 53.7 Å². The minimum absolute atomic E-state index is 0.0994. The van der Waals surface area contributed by atoms with E-state index in [1.165, 1.54) is 13.2 Å². The Bertz CT molecular complexity index is 756. The first-order valence-electron chi connectivity index (χ1n) is 7.50. The van der Waals surface area contributed by atoms with Gasteiger partial charge in [0, 0.05) is 12.3 Å². The number of amides is 1.